The van der Waals surface area contributed by atoms with E-state index in [4.69, 9.17) is 0 Å². The maximum Gasteiger partial charge on any atom is 0.240 e. The van der Waals surface area contributed by atoms with Gasteiger partial charge in [-0.2, -0.15) is 0 Å². The Morgan fingerprint density at radius 2 is 1.67 bits per heavy atom. The van der Waals surface area contributed by atoms with E-state index in [1.165, 1.54) is 30.7 Å². The normalized spacial score (nSPS) is 15.2. The molecule has 1 amide bonds. The number of rotatable bonds is 8. The van der Waals surface area contributed by atoms with Gasteiger partial charge in [0.25, 0.3) is 0 Å². The molecule has 0 radical (unpaired) electrons. The lowest BCUT2D eigenvalue weighted by atomic mass is 10.2. The van der Waals surface area contributed by atoms with Gasteiger partial charge in [-0.3, -0.25) is 14.5 Å². The monoisotopic (exact) mass is 429 g/mol. The van der Waals surface area contributed by atoms with Crippen LogP contribution in [0.5, 0.6) is 0 Å². The first-order chi connectivity index (χ1) is 14.3. The third kappa shape index (κ3) is 5.98. The van der Waals surface area contributed by atoms with Gasteiger partial charge >= 0.3 is 0 Å². The van der Waals surface area contributed by atoms with E-state index in [9.17, 15) is 18.0 Å². The minimum absolute atomic E-state index is 0.0235. The summed E-state index contributed by atoms with van der Waals surface area (Å²) in [6.45, 7) is 5.14. The first kappa shape index (κ1) is 22.1. The lowest BCUT2D eigenvalue weighted by Crippen LogP contribution is -2.48. The third-order valence-corrected chi connectivity index (χ3v) is 6.61. The highest BCUT2D eigenvalue weighted by molar-refractivity contribution is 7.89. The second kappa shape index (κ2) is 9.97. The van der Waals surface area contributed by atoms with Crippen LogP contribution < -0.4 is 4.72 Å². The van der Waals surface area contributed by atoms with Gasteiger partial charge in [0.05, 0.1) is 4.90 Å². The van der Waals surface area contributed by atoms with Crippen LogP contribution >= 0.6 is 0 Å². The fourth-order valence-corrected chi connectivity index (χ4v) is 4.49. The predicted molar refractivity (Wildman–Crippen MR) is 115 cm³/mol. The molecule has 8 heteroatoms. The first-order valence-electron chi connectivity index (χ1n) is 10.00. The molecule has 1 aliphatic heterocycles. The van der Waals surface area contributed by atoms with E-state index < -0.39 is 10.0 Å². The molecule has 0 saturated carbocycles. The number of benzene rings is 2. The number of carbonyl (C=O) groups is 2. The first-order valence-corrected chi connectivity index (χ1v) is 11.5. The third-order valence-electron chi connectivity index (χ3n) is 5.16. The van der Waals surface area contributed by atoms with Crippen LogP contribution in [-0.2, 0) is 21.4 Å². The van der Waals surface area contributed by atoms with E-state index >= 15 is 0 Å². The highest BCUT2D eigenvalue weighted by Crippen LogP contribution is 2.13. The summed E-state index contributed by atoms with van der Waals surface area (Å²) in [5, 5.41) is 0. The number of hydrogen-bond donors (Lipinski definition) is 1. The smallest absolute Gasteiger partial charge is 0.240 e. The van der Waals surface area contributed by atoms with Crippen molar-refractivity contribution in [3.63, 3.8) is 0 Å². The fourth-order valence-electron chi connectivity index (χ4n) is 3.41. The van der Waals surface area contributed by atoms with Crippen molar-refractivity contribution in [2.75, 3.05) is 32.7 Å². The summed E-state index contributed by atoms with van der Waals surface area (Å²) in [5.41, 5.74) is 1.59. The molecule has 1 saturated heterocycles. The quantitative estimate of drug-likeness (QED) is 0.648. The second-order valence-corrected chi connectivity index (χ2v) is 9.14. The lowest BCUT2D eigenvalue weighted by Gasteiger charge is -2.34. The molecule has 0 atom stereocenters. The topological polar surface area (TPSA) is 86.8 Å². The average molecular weight is 430 g/mol. The minimum atomic E-state index is -3.77. The molecule has 1 fully saturated rings. The summed E-state index contributed by atoms with van der Waals surface area (Å²) < 4.78 is 27.3. The summed E-state index contributed by atoms with van der Waals surface area (Å²) in [4.78, 5) is 28.0. The zero-order chi connectivity index (χ0) is 21.6. The average Bonchev–Trinajstić information content (AvgIpc) is 2.75. The van der Waals surface area contributed by atoms with Gasteiger partial charge < -0.3 is 4.90 Å². The van der Waals surface area contributed by atoms with Gasteiger partial charge in [0.2, 0.25) is 15.9 Å². The van der Waals surface area contributed by atoms with Gasteiger partial charge in [0, 0.05) is 51.3 Å². The van der Waals surface area contributed by atoms with Gasteiger partial charge in [-0.1, -0.05) is 42.5 Å². The van der Waals surface area contributed by atoms with Gasteiger partial charge in [-0.25, -0.2) is 13.1 Å². The number of nitrogens with one attached hydrogen (secondary N) is 1. The zero-order valence-corrected chi connectivity index (χ0v) is 17.9. The summed E-state index contributed by atoms with van der Waals surface area (Å²) in [5.74, 6) is -0.261. The van der Waals surface area contributed by atoms with Crippen molar-refractivity contribution < 1.29 is 18.0 Å². The Labute approximate surface area is 177 Å². The number of amides is 1. The van der Waals surface area contributed by atoms with E-state index in [0.717, 1.165) is 19.6 Å². The molecule has 1 N–H and O–H groups in total. The molecule has 2 aromatic carbocycles. The number of carbonyl (C=O) groups excluding carboxylic acids is 2. The fraction of sp³-hybridized carbons (Fsp3) is 0.364. The van der Waals surface area contributed by atoms with Crippen LogP contribution in [0.15, 0.2) is 59.5 Å². The van der Waals surface area contributed by atoms with Gasteiger partial charge in [0.1, 0.15) is 0 Å². The van der Waals surface area contributed by atoms with Crippen LogP contribution in [0.4, 0.5) is 0 Å². The van der Waals surface area contributed by atoms with Crippen LogP contribution in [-0.4, -0.2) is 62.6 Å². The van der Waals surface area contributed by atoms with E-state index in [0.29, 0.717) is 18.7 Å². The summed E-state index contributed by atoms with van der Waals surface area (Å²) >= 11 is 0. The van der Waals surface area contributed by atoms with E-state index in [1.54, 1.807) is 11.0 Å². The Morgan fingerprint density at radius 1 is 0.967 bits per heavy atom. The number of ketones is 1. The standard InChI is InChI=1S/C22H27N3O4S/c1-18(26)20-8-5-9-21(16-20)30(28,29)23-11-10-22(27)25-14-12-24(13-15-25)17-19-6-3-2-4-7-19/h2-9,16,23H,10-15,17H2,1H3. The highest BCUT2D eigenvalue weighted by Gasteiger charge is 2.22. The lowest BCUT2D eigenvalue weighted by molar-refractivity contribution is -0.132. The Balaban J connectivity index is 1.45. The van der Waals surface area contributed by atoms with Crippen molar-refractivity contribution in [3.8, 4) is 0 Å². The van der Waals surface area contributed by atoms with Gasteiger partial charge in [0.15, 0.2) is 5.78 Å². The Bertz CT molecular complexity index is 984. The molecule has 1 aliphatic rings. The molecule has 2 aromatic rings. The molecule has 30 heavy (non-hydrogen) atoms. The molecule has 0 spiro atoms. The molecule has 0 bridgehead atoms. The maximum absolute atomic E-state index is 12.5. The van der Waals surface area contributed by atoms with Crippen molar-refractivity contribution in [3.05, 3.63) is 65.7 Å². The molecular weight excluding hydrogens is 402 g/mol. The number of sulfonamides is 1. The largest absolute Gasteiger partial charge is 0.340 e. The van der Waals surface area contributed by atoms with E-state index in [2.05, 4.69) is 21.8 Å². The van der Waals surface area contributed by atoms with Crippen LogP contribution in [0.2, 0.25) is 0 Å². The highest BCUT2D eigenvalue weighted by atomic mass is 32.2. The Kier molecular flexibility index (Phi) is 7.36. The SMILES string of the molecule is CC(=O)c1cccc(S(=O)(=O)NCCC(=O)N2CCN(Cc3ccccc3)CC2)c1. The Morgan fingerprint density at radius 3 is 2.33 bits per heavy atom. The second-order valence-electron chi connectivity index (χ2n) is 7.37. The van der Waals surface area contributed by atoms with Crippen LogP contribution in [0.1, 0.15) is 29.3 Å². The molecule has 7 nitrogen and oxygen atoms in total. The van der Waals surface area contributed by atoms with Crippen molar-refractivity contribution in [1.82, 2.24) is 14.5 Å². The van der Waals surface area contributed by atoms with E-state index in [-0.39, 0.29) is 29.6 Å². The van der Waals surface area contributed by atoms with Crippen molar-refractivity contribution in [2.24, 2.45) is 0 Å². The maximum atomic E-state index is 12.5. The number of piperazine rings is 1. The molecule has 1 heterocycles. The van der Waals surface area contributed by atoms with Crippen molar-refractivity contribution in [1.29, 1.82) is 0 Å². The molecular formula is C22H27N3O4S. The molecule has 0 unspecified atom stereocenters. The number of Topliss-reactive ketones (excluding diaryl/α,β-unsaturated/α-hetero) is 1. The van der Waals surface area contributed by atoms with Crippen molar-refractivity contribution >= 4 is 21.7 Å². The summed E-state index contributed by atoms with van der Waals surface area (Å²) in [6, 6.07) is 16.1. The number of hydrogen-bond acceptors (Lipinski definition) is 5. The van der Waals surface area contributed by atoms with Crippen LogP contribution in [0.25, 0.3) is 0 Å². The number of nitrogens with zero attached hydrogens (tertiary/aromatic N) is 2. The summed E-state index contributed by atoms with van der Waals surface area (Å²) in [6.07, 6.45) is 0.102. The van der Waals surface area contributed by atoms with Crippen molar-refractivity contribution in [2.45, 2.75) is 24.8 Å². The summed E-state index contributed by atoms with van der Waals surface area (Å²) in [7, 11) is -3.77. The Hall–Kier alpha value is -2.55. The zero-order valence-electron chi connectivity index (χ0n) is 17.1. The van der Waals surface area contributed by atoms with Crippen LogP contribution in [0, 0.1) is 0 Å². The molecule has 0 aliphatic carbocycles. The van der Waals surface area contributed by atoms with E-state index in [1.807, 2.05) is 18.2 Å². The predicted octanol–water partition coefficient (Wildman–Crippen LogP) is 1.90. The molecule has 160 valence electrons. The molecule has 3 rings (SSSR count). The van der Waals surface area contributed by atoms with Gasteiger partial charge in [-0.15, -0.1) is 0 Å². The van der Waals surface area contributed by atoms with Crippen LogP contribution in [0.3, 0.4) is 0 Å². The van der Waals surface area contributed by atoms with Gasteiger partial charge in [-0.05, 0) is 24.6 Å². The molecule has 0 aromatic heterocycles. The minimum Gasteiger partial charge on any atom is -0.340 e.